The molecule has 0 saturated heterocycles. The average Bonchev–Trinajstić information content (AvgIpc) is 3.86. The lowest BCUT2D eigenvalue weighted by molar-refractivity contribution is 0.669. The van der Waals surface area contributed by atoms with E-state index in [1.807, 2.05) is 0 Å². The van der Waals surface area contributed by atoms with E-state index in [1.54, 1.807) is 0 Å². The van der Waals surface area contributed by atoms with E-state index in [-0.39, 0.29) is 0 Å². The van der Waals surface area contributed by atoms with E-state index in [1.165, 1.54) is 65.6 Å². The van der Waals surface area contributed by atoms with Gasteiger partial charge in [0.05, 0.1) is 11.0 Å². The predicted molar refractivity (Wildman–Crippen MR) is 249 cm³/mol. The number of fused-ring (bicyclic) bond motifs is 9. The van der Waals surface area contributed by atoms with Gasteiger partial charge in [-0.3, -0.25) is 0 Å². The molecule has 12 rings (SSSR count). The highest BCUT2D eigenvalue weighted by Gasteiger charge is 2.19. The Morgan fingerprint density at radius 1 is 0.356 bits per heavy atom. The quantitative estimate of drug-likeness (QED) is 0.169. The van der Waals surface area contributed by atoms with Gasteiger partial charge in [0, 0.05) is 55.9 Å². The van der Waals surface area contributed by atoms with Gasteiger partial charge in [-0.25, -0.2) is 0 Å². The molecule has 0 unspecified atom stereocenters. The molecule has 0 amide bonds. The summed E-state index contributed by atoms with van der Waals surface area (Å²) in [6.45, 7) is 0. The minimum atomic E-state index is 0.859. The summed E-state index contributed by atoms with van der Waals surface area (Å²) in [6, 6.07) is 78.6. The van der Waals surface area contributed by atoms with Crippen LogP contribution in [0.1, 0.15) is 0 Å². The molecule has 12 aromatic rings. The summed E-state index contributed by atoms with van der Waals surface area (Å²) in [5, 5.41) is 9.51. The Balaban J connectivity index is 0.992. The van der Waals surface area contributed by atoms with Gasteiger partial charge in [-0.15, -0.1) is 0 Å². The van der Waals surface area contributed by atoms with Crippen molar-refractivity contribution in [1.29, 1.82) is 0 Å². The molecule has 0 aliphatic rings. The Labute approximate surface area is 341 Å². The molecule has 276 valence electrons. The maximum Gasteiger partial charge on any atom is 0.137 e. The largest absolute Gasteiger partial charge is 0.456 e. The fourth-order valence-electron chi connectivity index (χ4n) is 9.19. The highest BCUT2D eigenvalue weighted by Crippen LogP contribution is 2.43. The van der Waals surface area contributed by atoms with E-state index in [2.05, 4.69) is 228 Å². The fourth-order valence-corrected chi connectivity index (χ4v) is 9.19. The molecule has 59 heavy (non-hydrogen) atoms. The Kier molecular flexibility index (Phi) is 7.54. The third kappa shape index (κ3) is 5.44. The molecule has 0 aliphatic carbocycles. The van der Waals surface area contributed by atoms with Gasteiger partial charge in [0.1, 0.15) is 11.2 Å². The highest BCUT2D eigenvalue weighted by molar-refractivity contribution is 6.20. The number of benzene rings is 10. The van der Waals surface area contributed by atoms with E-state index >= 15 is 0 Å². The van der Waals surface area contributed by atoms with Crippen LogP contribution in [0.3, 0.4) is 0 Å². The minimum Gasteiger partial charge on any atom is -0.456 e. The van der Waals surface area contributed by atoms with Crippen molar-refractivity contribution in [3.8, 4) is 27.9 Å². The van der Waals surface area contributed by atoms with Crippen molar-refractivity contribution in [2.45, 2.75) is 0 Å². The summed E-state index contributed by atoms with van der Waals surface area (Å²) in [6.07, 6.45) is 0. The first kappa shape index (κ1) is 33.3. The molecule has 0 radical (unpaired) electrons. The Bertz CT molecular complexity index is 3540. The molecule has 3 heteroatoms. The molecule has 0 aliphatic heterocycles. The average molecular weight is 753 g/mol. The number of furan rings is 1. The van der Waals surface area contributed by atoms with Crippen molar-refractivity contribution in [2.24, 2.45) is 0 Å². The lowest BCUT2D eigenvalue weighted by Crippen LogP contribution is -2.09. The molecular formula is C56H36N2O. The zero-order valence-corrected chi connectivity index (χ0v) is 32.1. The first-order valence-electron chi connectivity index (χ1n) is 20.2. The maximum atomic E-state index is 6.71. The minimum absolute atomic E-state index is 0.859. The van der Waals surface area contributed by atoms with Gasteiger partial charge in [-0.05, 0) is 105 Å². The van der Waals surface area contributed by atoms with Crippen LogP contribution < -0.4 is 4.90 Å². The predicted octanol–water partition coefficient (Wildman–Crippen LogP) is 15.8. The summed E-state index contributed by atoms with van der Waals surface area (Å²) >= 11 is 0. The molecule has 0 fully saturated rings. The van der Waals surface area contributed by atoms with Gasteiger partial charge >= 0.3 is 0 Å². The monoisotopic (exact) mass is 752 g/mol. The summed E-state index contributed by atoms with van der Waals surface area (Å²) in [7, 11) is 0. The molecule has 0 spiro atoms. The smallest absolute Gasteiger partial charge is 0.137 e. The summed E-state index contributed by atoms with van der Waals surface area (Å²) in [5.41, 5.74) is 13.3. The first-order chi connectivity index (χ1) is 29.2. The number of rotatable bonds is 6. The van der Waals surface area contributed by atoms with Gasteiger partial charge in [0.15, 0.2) is 0 Å². The molecule has 0 saturated carbocycles. The van der Waals surface area contributed by atoms with Crippen LogP contribution in [0.4, 0.5) is 17.1 Å². The maximum absolute atomic E-state index is 6.71. The molecule has 10 aromatic carbocycles. The van der Waals surface area contributed by atoms with Crippen LogP contribution in [0, 0.1) is 0 Å². The zero-order valence-electron chi connectivity index (χ0n) is 32.1. The van der Waals surface area contributed by atoms with E-state index < -0.39 is 0 Å². The van der Waals surface area contributed by atoms with Crippen molar-refractivity contribution in [3.05, 3.63) is 218 Å². The number of anilines is 3. The molecule has 2 aromatic heterocycles. The number of hydrogen-bond acceptors (Lipinski definition) is 2. The number of para-hydroxylation sites is 3. The SMILES string of the molecule is c1ccc(-c2ccc(N(c3ccc4ccccc4c3)c3ccc4c(c3)oc3ccc5cc(-c6cccc7c8ccccc8n(-c8ccccc8)c67)ccc5c34)cc2)cc1. The summed E-state index contributed by atoms with van der Waals surface area (Å²) in [5.74, 6) is 0. The van der Waals surface area contributed by atoms with Gasteiger partial charge in [-0.2, -0.15) is 0 Å². The van der Waals surface area contributed by atoms with Crippen molar-refractivity contribution in [3.63, 3.8) is 0 Å². The topological polar surface area (TPSA) is 21.3 Å². The van der Waals surface area contributed by atoms with Crippen LogP contribution in [0.2, 0.25) is 0 Å². The van der Waals surface area contributed by atoms with Crippen LogP contribution in [-0.4, -0.2) is 4.57 Å². The second-order valence-corrected chi connectivity index (χ2v) is 15.3. The number of aromatic nitrogens is 1. The van der Waals surface area contributed by atoms with Gasteiger partial charge < -0.3 is 13.9 Å². The molecule has 0 bridgehead atoms. The van der Waals surface area contributed by atoms with Gasteiger partial charge in [0.2, 0.25) is 0 Å². The summed E-state index contributed by atoms with van der Waals surface area (Å²) < 4.78 is 9.12. The third-order valence-corrected chi connectivity index (χ3v) is 11.9. The Morgan fingerprint density at radius 3 is 1.86 bits per heavy atom. The fraction of sp³-hybridized carbons (Fsp3) is 0. The Morgan fingerprint density at radius 2 is 1.00 bits per heavy atom. The van der Waals surface area contributed by atoms with Crippen molar-refractivity contribution in [2.75, 3.05) is 4.90 Å². The van der Waals surface area contributed by atoms with E-state index in [0.29, 0.717) is 0 Å². The van der Waals surface area contributed by atoms with E-state index in [4.69, 9.17) is 4.42 Å². The Hall–Kier alpha value is -7.88. The number of nitrogens with zero attached hydrogens (tertiary/aromatic N) is 2. The van der Waals surface area contributed by atoms with E-state index in [0.717, 1.165) is 44.7 Å². The lowest BCUT2D eigenvalue weighted by atomic mass is 9.97. The molecule has 0 atom stereocenters. The van der Waals surface area contributed by atoms with Crippen LogP contribution >= 0.6 is 0 Å². The highest BCUT2D eigenvalue weighted by atomic mass is 16.3. The van der Waals surface area contributed by atoms with Gasteiger partial charge in [0.25, 0.3) is 0 Å². The number of hydrogen-bond donors (Lipinski definition) is 0. The first-order valence-corrected chi connectivity index (χ1v) is 20.2. The molecular weight excluding hydrogens is 717 g/mol. The zero-order chi connectivity index (χ0) is 38.9. The van der Waals surface area contributed by atoms with E-state index in [9.17, 15) is 0 Å². The second-order valence-electron chi connectivity index (χ2n) is 15.3. The normalized spacial score (nSPS) is 11.7. The standard InChI is InChI=1S/C56H36N2O/c1-3-12-37(13-4-1)39-22-27-44(28-23-39)57(45-29-24-38-14-7-8-15-40(38)35-45)46-30-32-51-54(36-46)59-53-33-26-41-34-42(25-31-47(41)55(51)53)48-19-11-20-50-49-18-9-10-21-52(49)58(56(48)50)43-16-5-2-6-17-43/h1-36H. The lowest BCUT2D eigenvalue weighted by Gasteiger charge is -2.26. The van der Waals surface area contributed by atoms with Crippen LogP contribution in [0.25, 0.3) is 93.2 Å². The summed E-state index contributed by atoms with van der Waals surface area (Å²) in [4.78, 5) is 2.33. The van der Waals surface area contributed by atoms with Crippen LogP contribution in [-0.2, 0) is 0 Å². The molecule has 0 N–H and O–H groups in total. The molecule has 3 nitrogen and oxygen atoms in total. The third-order valence-electron chi connectivity index (χ3n) is 11.9. The van der Waals surface area contributed by atoms with Gasteiger partial charge in [-0.1, -0.05) is 146 Å². The van der Waals surface area contributed by atoms with Crippen molar-refractivity contribution in [1.82, 2.24) is 4.57 Å². The van der Waals surface area contributed by atoms with Crippen LogP contribution in [0.5, 0.6) is 0 Å². The molecule has 2 heterocycles. The van der Waals surface area contributed by atoms with Crippen molar-refractivity contribution >= 4 is 82.4 Å². The van der Waals surface area contributed by atoms with Crippen molar-refractivity contribution < 1.29 is 4.42 Å². The van der Waals surface area contributed by atoms with Crippen LogP contribution in [0.15, 0.2) is 223 Å². The second kappa shape index (κ2) is 13.4.